The maximum atomic E-state index is 14.9. The first-order chi connectivity index (χ1) is 14.9. The number of fused-ring (bicyclic) bond motifs is 3. The second-order valence-electron chi connectivity index (χ2n) is 8.10. The summed E-state index contributed by atoms with van der Waals surface area (Å²) < 4.78 is 28.1. The Morgan fingerprint density at radius 2 is 2.16 bits per heavy atom. The SMILES string of the molecule is COc1c(-c2nc(N[C@@H]3C[C@H]4CC[C@H](O4)[C@H]3O)ncc2Cl)cc(F)c2nc(C)n(C)c12. The van der Waals surface area contributed by atoms with Crippen molar-refractivity contribution in [3.05, 3.63) is 28.9 Å². The number of hydrogen-bond donors (Lipinski definition) is 2. The van der Waals surface area contributed by atoms with Gasteiger partial charge in [-0.3, -0.25) is 0 Å². The van der Waals surface area contributed by atoms with Gasteiger partial charge in [-0.15, -0.1) is 0 Å². The molecular formula is C21H23ClFN5O3. The van der Waals surface area contributed by atoms with Crippen LogP contribution in [-0.4, -0.2) is 56.1 Å². The van der Waals surface area contributed by atoms with Gasteiger partial charge in [0, 0.05) is 12.6 Å². The van der Waals surface area contributed by atoms with Crippen molar-refractivity contribution in [2.24, 2.45) is 7.05 Å². The molecule has 0 spiro atoms. The predicted octanol–water partition coefficient (Wildman–Crippen LogP) is 3.23. The summed E-state index contributed by atoms with van der Waals surface area (Å²) >= 11 is 6.41. The summed E-state index contributed by atoms with van der Waals surface area (Å²) in [5.74, 6) is 0.891. The average molecular weight is 448 g/mol. The molecule has 0 aliphatic carbocycles. The third-order valence-corrected chi connectivity index (χ3v) is 6.52. The van der Waals surface area contributed by atoms with Gasteiger partial charge >= 0.3 is 0 Å². The van der Waals surface area contributed by atoms with E-state index in [0.29, 0.717) is 40.7 Å². The number of ether oxygens (including phenoxy) is 2. The number of methoxy groups -OCH3 is 1. The standard InChI is InChI=1S/C21H23ClFN5O3/c1-9-25-17-13(23)7-11(20(30-3)18(17)28(9)2)16-12(22)8-24-21(27-16)26-14-6-10-4-5-15(31-10)19(14)29/h7-8,10,14-15,19,29H,4-6H2,1-3H3,(H,24,26,27)/t10-,14-,15+,19+/m1/s1. The number of nitrogens with one attached hydrogen (secondary N) is 1. The van der Waals surface area contributed by atoms with Crippen LogP contribution in [0, 0.1) is 12.7 Å². The number of aliphatic hydroxyl groups is 1. The van der Waals surface area contributed by atoms with Crippen LogP contribution in [0.25, 0.3) is 22.3 Å². The number of benzene rings is 1. The molecule has 8 nitrogen and oxygen atoms in total. The first-order valence-electron chi connectivity index (χ1n) is 10.2. The van der Waals surface area contributed by atoms with Gasteiger partial charge in [0.15, 0.2) is 11.6 Å². The number of aromatic nitrogens is 4. The van der Waals surface area contributed by atoms with E-state index in [0.717, 1.165) is 12.8 Å². The first-order valence-corrected chi connectivity index (χ1v) is 10.6. The highest BCUT2D eigenvalue weighted by atomic mass is 35.5. The van der Waals surface area contributed by atoms with Gasteiger partial charge in [0.1, 0.15) is 23.0 Å². The summed E-state index contributed by atoms with van der Waals surface area (Å²) in [4.78, 5) is 13.1. The molecule has 0 unspecified atom stereocenters. The van der Waals surface area contributed by atoms with Crippen LogP contribution in [0.15, 0.2) is 12.3 Å². The fourth-order valence-corrected chi connectivity index (χ4v) is 4.78. The van der Waals surface area contributed by atoms with E-state index < -0.39 is 11.9 Å². The Hall–Kier alpha value is -2.49. The van der Waals surface area contributed by atoms with E-state index in [1.807, 2.05) is 0 Å². The number of imidazole rings is 1. The van der Waals surface area contributed by atoms with Crippen LogP contribution in [0.1, 0.15) is 25.1 Å². The third-order valence-electron chi connectivity index (χ3n) is 6.24. The van der Waals surface area contributed by atoms with Gasteiger partial charge in [0.05, 0.1) is 42.3 Å². The minimum absolute atomic E-state index is 0.127. The molecule has 4 atom stereocenters. The Balaban J connectivity index is 1.57. The second kappa shape index (κ2) is 7.58. The molecule has 2 fully saturated rings. The molecule has 2 saturated heterocycles. The number of aliphatic hydroxyl groups excluding tert-OH is 1. The van der Waals surface area contributed by atoms with E-state index in [1.165, 1.54) is 19.4 Å². The summed E-state index contributed by atoms with van der Waals surface area (Å²) in [6, 6.07) is 1.09. The zero-order valence-corrected chi connectivity index (χ0v) is 18.1. The van der Waals surface area contributed by atoms with Crippen LogP contribution in [-0.2, 0) is 11.8 Å². The molecule has 0 amide bonds. The van der Waals surface area contributed by atoms with Gasteiger partial charge in [-0.05, 0) is 32.3 Å². The molecule has 2 aromatic heterocycles. The van der Waals surface area contributed by atoms with Crippen molar-refractivity contribution in [3.63, 3.8) is 0 Å². The van der Waals surface area contributed by atoms with Crippen molar-refractivity contribution in [1.82, 2.24) is 19.5 Å². The topological polar surface area (TPSA) is 94.3 Å². The van der Waals surface area contributed by atoms with Crippen molar-refractivity contribution in [2.75, 3.05) is 12.4 Å². The molecule has 2 bridgehead atoms. The highest BCUT2D eigenvalue weighted by Gasteiger charge is 2.42. The van der Waals surface area contributed by atoms with Crippen LogP contribution in [0.2, 0.25) is 5.02 Å². The normalized spacial score (nSPS) is 25.2. The number of aryl methyl sites for hydroxylation is 2. The van der Waals surface area contributed by atoms with Crippen LogP contribution in [0.4, 0.5) is 10.3 Å². The second-order valence-corrected chi connectivity index (χ2v) is 8.50. The smallest absolute Gasteiger partial charge is 0.223 e. The Morgan fingerprint density at radius 1 is 1.35 bits per heavy atom. The van der Waals surface area contributed by atoms with Gasteiger partial charge in [-0.2, -0.15) is 0 Å². The number of anilines is 1. The van der Waals surface area contributed by atoms with E-state index in [4.69, 9.17) is 21.1 Å². The fraction of sp³-hybridized carbons (Fsp3) is 0.476. The average Bonchev–Trinajstić information content (AvgIpc) is 3.30. The van der Waals surface area contributed by atoms with E-state index in [1.54, 1.807) is 18.5 Å². The summed E-state index contributed by atoms with van der Waals surface area (Å²) in [7, 11) is 3.31. The summed E-state index contributed by atoms with van der Waals surface area (Å²) in [5, 5.41) is 14.0. The molecule has 2 N–H and O–H groups in total. The molecule has 2 aliphatic heterocycles. The Bertz CT molecular complexity index is 1170. The van der Waals surface area contributed by atoms with Crippen molar-refractivity contribution in [3.8, 4) is 17.0 Å². The molecule has 4 heterocycles. The largest absolute Gasteiger partial charge is 0.494 e. The van der Waals surface area contributed by atoms with E-state index >= 15 is 0 Å². The van der Waals surface area contributed by atoms with Crippen molar-refractivity contribution in [2.45, 2.75) is 50.5 Å². The number of hydrogen-bond acceptors (Lipinski definition) is 7. The number of nitrogens with zero attached hydrogens (tertiary/aromatic N) is 4. The number of halogens is 2. The van der Waals surface area contributed by atoms with Crippen LogP contribution in [0.3, 0.4) is 0 Å². The maximum Gasteiger partial charge on any atom is 0.223 e. The van der Waals surface area contributed by atoms with Gasteiger partial charge in [-0.25, -0.2) is 19.3 Å². The Kier molecular flexibility index (Phi) is 4.99. The lowest BCUT2D eigenvalue weighted by Crippen LogP contribution is -2.47. The number of rotatable bonds is 4. The van der Waals surface area contributed by atoms with E-state index in [-0.39, 0.29) is 28.8 Å². The molecule has 5 rings (SSSR count). The zero-order chi connectivity index (χ0) is 21.9. The molecular weight excluding hydrogens is 425 g/mol. The van der Waals surface area contributed by atoms with Crippen LogP contribution >= 0.6 is 11.6 Å². The van der Waals surface area contributed by atoms with E-state index in [9.17, 15) is 9.50 Å². The summed E-state index contributed by atoms with van der Waals surface area (Å²) in [6.07, 6.45) is 3.21. The molecule has 2 aliphatic rings. The van der Waals surface area contributed by atoms with Crippen molar-refractivity contribution < 1.29 is 19.0 Å². The monoisotopic (exact) mass is 447 g/mol. The molecule has 164 valence electrons. The predicted molar refractivity (Wildman–Crippen MR) is 114 cm³/mol. The molecule has 3 aromatic rings. The minimum atomic E-state index is -0.651. The zero-order valence-electron chi connectivity index (χ0n) is 17.4. The summed E-state index contributed by atoms with van der Waals surface area (Å²) in [5.41, 5.74) is 1.49. The first kappa shape index (κ1) is 20.4. The maximum absolute atomic E-state index is 14.9. The molecule has 0 saturated carbocycles. The highest BCUT2D eigenvalue weighted by molar-refractivity contribution is 6.33. The Labute approximate surface area is 183 Å². The third kappa shape index (κ3) is 3.31. The Morgan fingerprint density at radius 3 is 2.94 bits per heavy atom. The van der Waals surface area contributed by atoms with E-state index in [2.05, 4.69) is 20.3 Å². The molecule has 10 heteroatoms. The van der Waals surface area contributed by atoms with Gasteiger partial charge < -0.3 is 24.5 Å². The molecule has 0 radical (unpaired) electrons. The molecule has 31 heavy (non-hydrogen) atoms. The lowest BCUT2D eigenvalue weighted by molar-refractivity contribution is -0.0811. The highest BCUT2D eigenvalue weighted by Crippen LogP contribution is 2.40. The van der Waals surface area contributed by atoms with Gasteiger partial charge in [0.25, 0.3) is 0 Å². The fourth-order valence-electron chi connectivity index (χ4n) is 4.58. The minimum Gasteiger partial charge on any atom is -0.494 e. The van der Waals surface area contributed by atoms with Gasteiger partial charge in [0.2, 0.25) is 5.95 Å². The lowest BCUT2D eigenvalue weighted by Gasteiger charge is -2.33. The quantitative estimate of drug-likeness (QED) is 0.634. The van der Waals surface area contributed by atoms with Crippen LogP contribution in [0.5, 0.6) is 5.75 Å². The van der Waals surface area contributed by atoms with Crippen LogP contribution < -0.4 is 10.1 Å². The van der Waals surface area contributed by atoms with Gasteiger partial charge in [-0.1, -0.05) is 11.6 Å². The molecule has 1 aromatic carbocycles. The summed E-state index contributed by atoms with van der Waals surface area (Å²) in [6.45, 7) is 1.80. The van der Waals surface area contributed by atoms with Crippen molar-refractivity contribution in [1.29, 1.82) is 0 Å². The lowest BCUT2D eigenvalue weighted by atomic mass is 10.0. The van der Waals surface area contributed by atoms with Crippen molar-refractivity contribution >= 4 is 28.6 Å².